The first kappa shape index (κ1) is 10.9. The molecular weight excluding hydrogens is 250 g/mol. The lowest BCUT2D eigenvalue weighted by Crippen LogP contribution is -2.24. The quantitative estimate of drug-likeness (QED) is 0.818. The van der Waals surface area contributed by atoms with E-state index in [4.69, 9.17) is 0 Å². The first-order chi connectivity index (χ1) is 6.27. The Kier molecular flexibility index (Phi) is 4.66. The highest BCUT2D eigenvalue weighted by Crippen LogP contribution is 2.24. The van der Waals surface area contributed by atoms with Gasteiger partial charge in [0, 0.05) is 13.1 Å². The Morgan fingerprint density at radius 3 is 2.23 bits per heavy atom. The van der Waals surface area contributed by atoms with Crippen LogP contribution in [0.15, 0.2) is 3.92 Å². The van der Waals surface area contributed by atoms with Crippen molar-refractivity contribution in [2.75, 3.05) is 18.0 Å². The summed E-state index contributed by atoms with van der Waals surface area (Å²) in [5, 5.41) is 9.07. The molecule has 0 N–H and O–H groups in total. The minimum atomic E-state index is 0.861. The van der Waals surface area contributed by atoms with E-state index in [-0.39, 0.29) is 0 Å². The van der Waals surface area contributed by atoms with Gasteiger partial charge in [0.2, 0.25) is 5.13 Å². The van der Waals surface area contributed by atoms with Crippen LogP contribution in [0.3, 0.4) is 0 Å². The van der Waals surface area contributed by atoms with Crippen LogP contribution in [0, 0.1) is 0 Å². The second-order valence-corrected chi connectivity index (χ2v) is 5.06. The summed E-state index contributed by atoms with van der Waals surface area (Å²) in [6, 6.07) is 0. The number of aromatic nitrogens is 2. The highest BCUT2D eigenvalue weighted by Gasteiger charge is 2.09. The van der Waals surface area contributed by atoms with Crippen LogP contribution in [-0.2, 0) is 0 Å². The van der Waals surface area contributed by atoms with Gasteiger partial charge in [-0.3, -0.25) is 0 Å². The molecule has 0 aromatic carbocycles. The largest absolute Gasteiger partial charge is 0.347 e. The van der Waals surface area contributed by atoms with E-state index in [0.717, 1.165) is 35.0 Å². The summed E-state index contributed by atoms with van der Waals surface area (Å²) in [6.07, 6.45) is 2.30. The zero-order valence-electron chi connectivity index (χ0n) is 7.96. The number of hydrogen-bond acceptors (Lipinski definition) is 4. The van der Waals surface area contributed by atoms with Gasteiger partial charge < -0.3 is 4.90 Å². The van der Waals surface area contributed by atoms with Crippen LogP contribution in [0.4, 0.5) is 5.13 Å². The molecule has 1 aromatic rings. The lowest BCUT2D eigenvalue weighted by Gasteiger charge is -2.19. The molecule has 1 rings (SSSR count). The standard InChI is InChI=1S/C8H14BrN3S/c1-3-5-12(6-4-2)8-11-10-7(9)13-8/h3-6H2,1-2H3. The van der Waals surface area contributed by atoms with Crippen molar-refractivity contribution in [3.8, 4) is 0 Å². The molecule has 0 aliphatic heterocycles. The minimum Gasteiger partial charge on any atom is -0.347 e. The van der Waals surface area contributed by atoms with Crippen molar-refractivity contribution in [1.82, 2.24) is 10.2 Å². The molecule has 0 unspecified atom stereocenters. The highest BCUT2D eigenvalue weighted by molar-refractivity contribution is 9.11. The van der Waals surface area contributed by atoms with Gasteiger partial charge in [0.1, 0.15) is 0 Å². The maximum Gasteiger partial charge on any atom is 0.209 e. The molecule has 0 saturated carbocycles. The van der Waals surface area contributed by atoms with E-state index in [0.29, 0.717) is 0 Å². The van der Waals surface area contributed by atoms with Crippen LogP contribution in [0.1, 0.15) is 26.7 Å². The van der Waals surface area contributed by atoms with Crippen LogP contribution in [0.5, 0.6) is 0 Å². The molecule has 5 heteroatoms. The molecular formula is C8H14BrN3S. The van der Waals surface area contributed by atoms with Crippen LogP contribution >= 0.6 is 27.3 Å². The van der Waals surface area contributed by atoms with E-state index in [1.165, 1.54) is 0 Å². The van der Waals surface area contributed by atoms with Crippen LogP contribution in [0.25, 0.3) is 0 Å². The van der Waals surface area contributed by atoms with Gasteiger partial charge in [-0.05, 0) is 28.8 Å². The fraction of sp³-hybridized carbons (Fsp3) is 0.750. The Hall–Kier alpha value is -0.160. The van der Waals surface area contributed by atoms with E-state index < -0.39 is 0 Å². The van der Waals surface area contributed by atoms with Crippen molar-refractivity contribution >= 4 is 32.4 Å². The molecule has 0 spiro atoms. The molecule has 1 heterocycles. The predicted octanol–water partition coefficient (Wildman–Crippen LogP) is 2.93. The van der Waals surface area contributed by atoms with Crippen molar-refractivity contribution < 1.29 is 0 Å². The molecule has 1 aromatic heterocycles. The van der Waals surface area contributed by atoms with Crippen molar-refractivity contribution in [2.24, 2.45) is 0 Å². The third-order valence-corrected chi connectivity index (χ3v) is 3.06. The Morgan fingerprint density at radius 2 is 1.85 bits per heavy atom. The second-order valence-electron chi connectivity index (χ2n) is 2.82. The van der Waals surface area contributed by atoms with Crippen molar-refractivity contribution in [2.45, 2.75) is 26.7 Å². The van der Waals surface area contributed by atoms with Gasteiger partial charge in [0.15, 0.2) is 3.92 Å². The maximum atomic E-state index is 4.10. The minimum absolute atomic E-state index is 0.861. The molecule has 0 aliphatic carbocycles. The zero-order valence-corrected chi connectivity index (χ0v) is 10.4. The third kappa shape index (κ3) is 3.23. The molecule has 0 bridgehead atoms. The van der Waals surface area contributed by atoms with Crippen LogP contribution in [-0.4, -0.2) is 23.3 Å². The predicted molar refractivity (Wildman–Crippen MR) is 60.4 cm³/mol. The molecule has 3 nitrogen and oxygen atoms in total. The normalized spacial score (nSPS) is 10.4. The third-order valence-electron chi connectivity index (χ3n) is 1.65. The van der Waals surface area contributed by atoms with E-state index in [2.05, 4.69) is 44.9 Å². The van der Waals surface area contributed by atoms with E-state index >= 15 is 0 Å². The van der Waals surface area contributed by atoms with E-state index in [1.54, 1.807) is 11.3 Å². The van der Waals surface area contributed by atoms with Gasteiger partial charge in [-0.25, -0.2) is 0 Å². The summed E-state index contributed by atoms with van der Waals surface area (Å²) < 4.78 is 0.861. The molecule has 0 fully saturated rings. The van der Waals surface area contributed by atoms with Gasteiger partial charge in [-0.1, -0.05) is 25.2 Å². The Labute approximate surface area is 91.3 Å². The maximum absolute atomic E-state index is 4.10. The number of halogens is 1. The molecule has 0 saturated heterocycles. The summed E-state index contributed by atoms with van der Waals surface area (Å²) in [5.41, 5.74) is 0. The Bertz CT molecular complexity index is 245. The topological polar surface area (TPSA) is 29.0 Å². The molecule has 0 aliphatic rings. The molecule has 74 valence electrons. The van der Waals surface area contributed by atoms with Crippen LogP contribution < -0.4 is 4.90 Å². The number of anilines is 1. The zero-order chi connectivity index (χ0) is 9.68. The smallest absolute Gasteiger partial charge is 0.209 e. The molecule has 13 heavy (non-hydrogen) atoms. The fourth-order valence-corrected chi connectivity index (χ4v) is 2.31. The summed E-state index contributed by atoms with van der Waals surface area (Å²) in [7, 11) is 0. The van der Waals surface area contributed by atoms with Gasteiger partial charge >= 0.3 is 0 Å². The highest BCUT2D eigenvalue weighted by atomic mass is 79.9. The summed E-state index contributed by atoms with van der Waals surface area (Å²) in [4.78, 5) is 2.28. The lowest BCUT2D eigenvalue weighted by molar-refractivity contribution is 0.736. The second kappa shape index (κ2) is 5.54. The number of hydrogen-bond donors (Lipinski definition) is 0. The lowest BCUT2D eigenvalue weighted by atomic mass is 10.4. The first-order valence-electron chi connectivity index (χ1n) is 4.51. The average molecular weight is 264 g/mol. The van der Waals surface area contributed by atoms with Crippen molar-refractivity contribution in [3.05, 3.63) is 3.92 Å². The Morgan fingerprint density at radius 1 is 1.23 bits per heavy atom. The first-order valence-corrected chi connectivity index (χ1v) is 6.12. The van der Waals surface area contributed by atoms with Gasteiger partial charge in [-0.15, -0.1) is 10.2 Å². The van der Waals surface area contributed by atoms with E-state index in [9.17, 15) is 0 Å². The summed E-state index contributed by atoms with van der Waals surface area (Å²) in [5.74, 6) is 0. The number of rotatable bonds is 5. The van der Waals surface area contributed by atoms with Crippen molar-refractivity contribution in [3.63, 3.8) is 0 Å². The van der Waals surface area contributed by atoms with Gasteiger partial charge in [0.05, 0.1) is 0 Å². The van der Waals surface area contributed by atoms with Crippen LogP contribution in [0.2, 0.25) is 0 Å². The molecule has 0 amide bonds. The fourth-order valence-electron chi connectivity index (χ4n) is 1.17. The molecule has 0 radical (unpaired) electrons. The monoisotopic (exact) mass is 263 g/mol. The summed E-state index contributed by atoms with van der Waals surface area (Å²) >= 11 is 4.92. The van der Waals surface area contributed by atoms with Gasteiger partial charge in [-0.2, -0.15) is 0 Å². The SMILES string of the molecule is CCCN(CCC)c1nnc(Br)s1. The van der Waals surface area contributed by atoms with Gasteiger partial charge in [0.25, 0.3) is 0 Å². The molecule has 0 atom stereocenters. The van der Waals surface area contributed by atoms with E-state index in [1.807, 2.05) is 0 Å². The number of nitrogens with zero attached hydrogens (tertiary/aromatic N) is 3. The Balaban J connectivity index is 2.63. The average Bonchev–Trinajstić information content (AvgIpc) is 2.51. The summed E-state index contributed by atoms with van der Waals surface area (Å²) in [6.45, 7) is 6.49. The van der Waals surface area contributed by atoms with Crippen molar-refractivity contribution in [1.29, 1.82) is 0 Å².